The Hall–Kier alpha value is -2.30. The minimum absolute atomic E-state index is 0.0148. The van der Waals surface area contributed by atoms with Crippen LogP contribution >= 0.6 is 0 Å². The van der Waals surface area contributed by atoms with Gasteiger partial charge in [-0.25, -0.2) is 4.98 Å². The van der Waals surface area contributed by atoms with Crippen LogP contribution in [0.15, 0.2) is 42.6 Å². The van der Waals surface area contributed by atoms with Crippen LogP contribution in [0.2, 0.25) is 0 Å². The van der Waals surface area contributed by atoms with E-state index in [9.17, 15) is 14.5 Å². The second-order valence-electron chi connectivity index (χ2n) is 4.12. The molecule has 0 unspecified atom stereocenters. The van der Waals surface area contributed by atoms with Crippen molar-refractivity contribution in [3.63, 3.8) is 0 Å². The molecule has 5 heteroatoms. The molecule has 0 fully saturated rings. The quantitative estimate of drug-likeness (QED) is 0.610. The maximum absolute atomic E-state index is 12.1. The molecule has 0 aliphatic carbocycles. The third-order valence-corrected chi connectivity index (χ3v) is 2.81. The highest BCUT2D eigenvalue weighted by molar-refractivity contribution is 5.69. The lowest BCUT2D eigenvalue weighted by molar-refractivity contribution is -0.384. The largest absolute Gasteiger partial charge is 0.295 e. The number of alkyl halides is 1. The van der Waals surface area contributed by atoms with E-state index >= 15 is 0 Å². The molecule has 0 amide bonds. The number of benzene rings is 1. The maximum atomic E-state index is 12.1. The van der Waals surface area contributed by atoms with Crippen molar-refractivity contribution in [3.8, 4) is 11.3 Å². The van der Waals surface area contributed by atoms with Crippen LogP contribution in [0.25, 0.3) is 11.3 Å². The molecule has 1 aromatic heterocycles. The Labute approximate surface area is 110 Å². The summed E-state index contributed by atoms with van der Waals surface area (Å²) in [4.78, 5) is 14.5. The van der Waals surface area contributed by atoms with E-state index in [1.165, 1.54) is 18.3 Å². The summed E-state index contributed by atoms with van der Waals surface area (Å²) < 4.78 is 12.1. The predicted octanol–water partition coefficient (Wildman–Crippen LogP) is 3.56. The van der Waals surface area contributed by atoms with Gasteiger partial charge in [-0.2, -0.15) is 0 Å². The number of pyridine rings is 1. The Morgan fingerprint density at radius 2 is 1.95 bits per heavy atom. The zero-order valence-corrected chi connectivity index (χ0v) is 10.3. The topological polar surface area (TPSA) is 56.0 Å². The normalized spacial score (nSPS) is 10.4. The van der Waals surface area contributed by atoms with Gasteiger partial charge in [-0.15, -0.1) is 0 Å². The summed E-state index contributed by atoms with van der Waals surface area (Å²) in [5.74, 6) is 0. The average molecular weight is 260 g/mol. The van der Waals surface area contributed by atoms with Gasteiger partial charge in [-0.05, 0) is 24.5 Å². The van der Waals surface area contributed by atoms with Crippen LogP contribution in [0.3, 0.4) is 0 Å². The van der Waals surface area contributed by atoms with Crippen LogP contribution in [-0.4, -0.2) is 16.6 Å². The molecule has 0 aliphatic rings. The van der Waals surface area contributed by atoms with E-state index in [1.807, 2.05) is 12.1 Å². The summed E-state index contributed by atoms with van der Waals surface area (Å²) in [6.07, 6.45) is 2.68. The van der Waals surface area contributed by atoms with Crippen molar-refractivity contribution in [2.24, 2.45) is 0 Å². The van der Waals surface area contributed by atoms with Gasteiger partial charge in [0.05, 0.1) is 11.6 Å². The van der Waals surface area contributed by atoms with Crippen molar-refractivity contribution < 1.29 is 9.31 Å². The third kappa shape index (κ3) is 3.13. The molecule has 0 bridgehead atoms. The molecule has 0 saturated carbocycles. The summed E-state index contributed by atoms with van der Waals surface area (Å²) in [5, 5.41) is 10.9. The summed E-state index contributed by atoms with van der Waals surface area (Å²) in [6.45, 7) is -0.340. The molecule has 0 radical (unpaired) electrons. The zero-order chi connectivity index (χ0) is 13.7. The van der Waals surface area contributed by atoms with Crippen molar-refractivity contribution in [2.45, 2.75) is 12.8 Å². The number of aryl methyl sites for hydroxylation is 1. The molecule has 4 nitrogen and oxygen atoms in total. The molecule has 19 heavy (non-hydrogen) atoms. The lowest BCUT2D eigenvalue weighted by Gasteiger charge is -2.04. The first-order valence-corrected chi connectivity index (χ1v) is 5.97. The summed E-state index contributed by atoms with van der Waals surface area (Å²) in [5.41, 5.74) is 2.04. The van der Waals surface area contributed by atoms with Crippen molar-refractivity contribution in [1.82, 2.24) is 4.98 Å². The molecule has 0 saturated heterocycles. The molecular formula is C14H13FN2O2. The van der Waals surface area contributed by atoms with Gasteiger partial charge in [0.25, 0.3) is 5.69 Å². The first-order chi connectivity index (χ1) is 9.22. The fraction of sp³-hybridized carbons (Fsp3) is 0.214. The average Bonchev–Trinajstić information content (AvgIpc) is 2.45. The van der Waals surface area contributed by atoms with Crippen molar-refractivity contribution in [2.75, 3.05) is 6.67 Å². The molecule has 2 rings (SSSR count). The van der Waals surface area contributed by atoms with Gasteiger partial charge >= 0.3 is 0 Å². The van der Waals surface area contributed by atoms with Crippen molar-refractivity contribution >= 4 is 5.69 Å². The van der Waals surface area contributed by atoms with Gasteiger partial charge in [-0.1, -0.05) is 24.3 Å². The number of hydrogen-bond acceptors (Lipinski definition) is 3. The third-order valence-electron chi connectivity index (χ3n) is 2.81. The Bertz CT molecular complexity index is 570. The number of aromatic nitrogens is 1. The lowest BCUT2D eigenvalue weighted by atomic mass is 10.0. The molecule has 0 spiro atoms. The molecule has 0 N–H and O–H groups in total. The summed E-state index contributed by atoms with van der Waals surface area (Å²) in [6, 6.07) is 10.2. The molecular weight excluding hydrogens is 247 g/mol. The smallest absolute Gasteiger partial charge is 0.258 e. The first-order valence-electron chi connectivity index (χ1n) is 5.97. The molecule has 0 aliphatic heterocycles. The Morgan fingerprint density at radius 3 is 2.58 bits per heavy atom. The molecule has 0 atom stereocenters. The van der Waals surface area contributed by atoms with Crippen LogP contribution < -0.4 is 0 Å². The number of hydrogen-bond donors (Lipinski definition) is 0. The molecule has 1 heterocycles. The first kappa shape index (κ1) is 13.1. The highest BCUT2D eigenvalue weighted by atomic mass is 19.1. The van der Waals surface area contributed by atoms with Crippen LogP contribution in [0.5, 0.6) is 0 Å². The van der Waals surface area contributed by atoms with E-state index in [-0.39, 0.29) is 12.4 Å². The minimum atomic E-state index is -0.445. The number of nitrogens with zero attached hydrogens (tertiary/aromatic N) is 2. The van der Waals surface area contributed by atoms with Crippen molar-refractivity contribution in [3.05, 3.63) is 58.3 Å². The Balaban J connectivity index is 2.30. The van der Waals surface area contributed by atoms with Crippen LogP contribution in [-0.2, 0) is 6.42 Å². The minimum Gasteiger partial charge on any atom is -0.258 e. The van der Waals surface area contributed by atoms with Gasteiger partial charge in [0.2, 0.25) is 0 Å². The van der Waals surface area contributed by atoms with Crippen LogP contribution in [0.4, 0.5) is 10.1 Å². The van der Waals surface area contributed by atoms with Crippen molar-refractivity contribution in [1.29, 1.82) is 0 Å². The van der Waals surface area contributed by atoms with Gasteiger partial charge < -0.3 is 0 Å². The van der Waals surface area contributed by atoms with E-state index in [0.29, 0.717) is 24.1 Å². The Kier molecular flexibility index (Phi) is 4.18. The van der Waals surface area contributed by atoms with Gasteiger partial charge in [0.15, 0.2) is 0 Å². The zero-order valence-electron chi connectivity index (χ0n) is 10.3. The fourth-order valence-electron chi connectivity index (χ4n) is 1.87. The number of halogens is 1. The van der Waals surface area contributed by atoms with Crippen LogP contribution in [0.1, 0.15) is 12.0 Å². The van der Waals surface area contributed by atoms with Crippen LogP contribution in [0, 0.1) is 10.1 Å². The van der Waals surface area contributed by atoms with Gasteiger partial charge in [0.1, 0.15) is 5.69 Å². The second-order valence-corrected chi connectivity index (χ2v) is 4.12. The molecule has 2 aromatic rings. The van der Waals surface area contributed by atoms with E-state index in [2.05, 4.69) is 4.98 Å². The highest BCUT2D eigenvalue weighted by Crippen LogP contribution is 2.27. The molecule has 98 valence electrons. The highest BCUT2D eigenvalue weighted by Gasteiger charge is 2.15. The lowest BCUT2D eigenvalue weighted by Crippen LogP contribution is -1.94. The summed E-state index contributed by atoms with van der Waals surface area (Å²) in [7, 11) is 0. The van der Waals surface area contributed by atoms with E-state index in [1.54, 1.807) is 12.1 Å². The second kappa shape index (κ2) is 6.04. The Morgan fingerprint density at radius 1 is 1.21 bits per heavy atom. The van der Waals surface area contributed by atoms with E-state index < -0.39 is 4.92 Å². The van der Waals surface area contributed by atoms with Gasteiger partial charge in [0, 0.05) is 17.8 Å². The molecule has 1 aromatic carbocycles. The predicted molar refractivity (Wildman–Crippen MR) is 70.6 cm³/mol. The standard InChI is InChI=1S/C14H13FN2O2/c15-9-1-3-11-5-7-12(8-6-11)14-13(17(18)19)4-2-10-16-14/h2,4-8,10H,1,3,9H2. The number of rotatable bonds is 5. The maximum Gasteiger partial charge on any atom is 0.295 e. The number of nitro groups is 1. The summed E-state index contributed by atoms with van der Waals surface area (Å²) >= 11 is 0. The van der Waals surface area contributed by atoms with E-state index in [0.717, 1.165) is 5.56 Å². The fourth-order valence-corrected chi connectivity index (χ4v) is 1.87. The monoisotopic (exact) mass is 260 g/mol. The SMILES string of the molecule is O=[N+]([O-])c1cccnc1-c1ccc(CCCF)cc1. The van der Waals surface area contributed by atoms with E-state index in [4.69, 9.17) is 0 Å². The van der Waals surface area contributed by atoms with Gasteiger partial charge in [-0.3, -0.25) is 14.5 Å².